The van der Waals surface area contributed by atoms with Crippen LogP contribution in [0.2, 0.25) is 0 Å². The molecule has 132 valence electrons. The molecule has 20 heavy (non-hydrogen) atoms. The van der Waals surface area contributed by atoms with Crippen molar-refractivity contribution >= 4 is 45.1 Å². The maximum Gasteiger partial charge on any atom is 0.264 e. The monoisotopic (exact) mass is 558 g/mol. The van der Waals surface area contributed by atoms with E-state index in [9.17, 15) is 16.8 Å². The second-order valence-corrected chi connectivity index (χ2v) is 6.88. The van der Waals surface area contributed by atoms with E-state index in [0.717, 1.165) is 12.5 Å². The SMILES string of the molecule is CC(N)C(COS(C)(=O)=O)COS(C)(=O)=O.Cl.Cl.[NH2-].[Pt]. The molecule has 0 spiro atoms. The Kier molecular flexibility index (Phi) is 22.4. The molecule has 0 bridgehead atoms. The van der Waals surface area contributed by atoms with Crippen LogP contribution in [-0.4, -0.2) is 48.6 Å². The van der Waals surface area contributed by atoms with Gasteiger partial charge in [-0.15, -0.1) is 24.8 Å². The molecule has 4 N–H and O–H groups in total. The normalized spacial score (nSPS) is 12.2. The Morgan fingerprint density at radius 3 is 1.35 bits per heavy atom. The molecule has 0 aliphatic rings. The molecule has 1 unspecified atom stereocenters. The van der Waals surface area contributed by atoms with Crippen molar-refractivity contribution in [1.82, 2.24) is 0 Å². The number of hydrogen-bond acceptors (Lipinski definition) is 7. The molecule has 13 heteroatoms. The van der Waals surface area contributed by atoms with E-state index < -0.39 is 32.2 Å². The number of hydrogen-bond donors (Lipinski definition) is 1. The zero-order valence-electron chi connectivity index (χ0n) is 11.1. The zero-order valence-corrected chi connectivity index (χ0v) is 16.7. The van der Waals surface area contributed by atoms with Crippen LogP contribution in [0.15, 0.2) is 0 Å². The van der Waals surface area contributed by atoms with Crippen LogP contribution in [0.4, 0.5) is 0 Å². The second-order valence-electron chi connectivity index (χ2n) is 3.60. The van der Waals surface area contributed by atoms with Crippen LogP contribution in [0.25, 0.3) is 6.15 Å². The minimum absolute atomic E-state index is 0. The van der Waals surface area contributed by atoms with Gasteiger partial charge in [0.05, 0.1) is 25.7 Å². The third kappa shape index (κ3) is 21.3. The molecule has 0 rings (SSSR count). The predicted octanol–water partition coefficient (Wildman–Crippen LogP) is 0.460. The van der Waals surface area contributed by atoms with Gasteiger partial charge in [0.1, 0.15) is 0 Å². The fraction of sp³-hybridized carbons (Fsp3) is 1.00. The summed E-state index contributed by atoms with van der Waals surface area (Å²) >= 11 is 0. The minimum Gasteiger partial charge on any atom is -0.693 e. The van der Waals surface area contributed by atoms with Crippen molar-refractivity contribution in [1.29, 1.82) is 0 Å². The van der Waals surface area contributed by atoms with Crippen molar-refractivity contribution in [3.05, 3.63) is 6.15 Å². The molecule has 8 nitrogen and oxygen atoms in total. The van der Waals surface area contributed by atoms with Crippen LogP contribution in [-0.2, 0) is 49.7 Å². The molecule has 0 saturated heterocycles. The van der Waals surface area contributed by atoms with Crippen molar-refractivity contribution in [2.75, 3.05) is 25.7 Å². The van der Waals surface area contributed by atoms with E-state index in [-0.39, 0.29) is 65.2 Å². The van der Waals surface area contributed by atoms with Crippen LogP contribution >= 0.6 is 24.8 Å². The van der Waals surface area contributed by atoms with Gasteiger partial charge in [0.15, 0.2) is 0 Å². The van der Waals surface area contributed by atoms with E-state index in [1.165, 1.54) is 0 Å². The average molecular weight is 559 g/mol. The summed E-state index contributed by atoms with van der Waals surface area (Å²) < 4.78 is 52.0. The quantitative estimate of drug-likeness (QED) is 0.446. The molecule has 0 aromatic heterocycles. The van der Waals surface area contributed by atoms with Crippen LogP contribution in [0, 0.1) is 5.92 Å². The molecule has 0 aliphatic heterocycles. The Balaban J connectivity index is -0.000000187. The summed E-state index contributed by atoms with van der Waals surface area (Å²) in [6.45, 7) is 1.21. The third-order valence-electron chi connectivity index (χ3n) is 1.74. The Bertz CT molecular complexity index is 381. The Hall–Kier alpha value is 1.01. The van der Waals surface area contributed by atoms with E-state index in [2.05, 4.69) is 8.37 Å². The van der Waals surface area contributed by atoms with Crippen molar-refractivity contribution in [2.45, 2.75) is 13.0 Å². The van der Waals surface area contributed by atoms with Gasteiger partial charge in [0, 0.05) is 33.0 Å². The van der Waals surface area contributed by atoms with Crippen LogP contribution in [0.3, 0.4) is 0 Å². The summed E-state index contributed by atoms with van der Waals surface area (Å²) in [7, 11) is -7.13. The topological polar surface area (TPSA) is 146 Å². The van der Waals surface area contributed by atoms with E-state index in [1.807, 2.05) is 0 Å². The summed E-state index contributed by atoms with van der Waals surface area (Å²) in [6, 6.07) is -0.441. The smallest absolute Gasteiger partial charge is 0.264 e. The van der Waals surface area contributed by atoms with Crippen molar-refractivity contribution in [3.63, 3.8) is 0 Å². The fourth-order valence-electron chi connectivity index (χ4n) is 0.774. The molecule has 0 fully saturated rings. The first-order valence-electron chi connectivity index (χ1n) is 4.45. The summed E-state index contributed by atoms with van der Waals surface area (Å²) in [5.41, 5.74) is 5.55. The first-order valence-corrected chi connectivity index (χ1v) is 8.09. The number of halogens is 2. The molecule has 0 radical (unpaired) electrons. The minimum atomic E-state index is -3.57. The molecule has 1 atom stereocenters. The predicted molar refractivity (Wildman–Crippen MR) is 78.5 cm³/mol. The van der Waals surface area contributed by atoms with Crippen LogP contribution in [0.5, 0.6) is 0 Å². The average Bonchev–Trinajstić information content (AvgIpc) is 1.98. The molecular formula is C7H21Cl2N2O6PtS2-. The molecule has 0 aromatic carbocycles. The first-order chi connectivity index (χ1) is 7.01. The van der Waals surface area contributed by atoms with Gasteiger partial charge in [-0.05, 0) is 6.92 Å². The van der Waals surface area contributed by atoms with E-state index in [1.54, 1.807) is 6.92 Å². The van der Waals surface area contributed by atoms with E-state index >= 15 is 0 Å². The molecule has 0 heterocycles. The van der Waals surface area contributed by atoms with Gasteiger partial charge in [-0.2, -0.15) is 16.8 Å². The Morgan fingerprint density at radius 2 is 1.20 bits per heavy atom. The standard InChI is InChI=1S/C7H17NO6S2.2ClH.H2N.Pt/c1-6(8)7(4-13-15(2,9)10)5-14-16(3,11)12;;;;/h6-7H,4-5,8H2,1-3H3;2*1H;1H2;/q;;;-1;. The summed E-state index contributed by atoms with van der Waals surface area (Å²) in [4.78, 5) is 0. The summed E-state index contributed by atoms with van der Waals surface area (Å²) in [5.74, 6) is -0.510. The van der Waals surface area contributed by atoms with Crippen molar-refractivity contribution in [2.24, 2.45) is 11.7 Å². The second kappa shape index (κ2) is 13.7. The maximum atomic E-state index is 10.7. The van der Waals surface area contributed by atoms with Gasteiger partial charge < -0.3 is 11.9 Å². The van der Waals surface area contributed by atoms with Crippen LogP contribution in [0.1, 0.15) is 6.92 Å². The van der Waals surface area contributed by atoms with Gasteiger partial charge in [0.25, 0.3) is 20.2 Å². The number of rotatable bonds is 7. The number of nitrogens with two attached hydrogens (primary N) is 2. The van der Waals surface area contributed by atoms with Crippen molar-refractivity contribution < 1.29 is 46.3 Å². The van der Waals surface area contributed by atoms with E-state index in [0.29, 0.717) is 0 Å². The largest absolute Gasteiger partial charge is 0.693 e. The summed E-state index contributed by atoms with van der Waals surface area (Å²) in [5, 5.41) is 0. The van der Waals surface area contributed by atoms with Gasteiger partial charge in [-0.25, -0.2) is 0 Å². The molecule has 0 aromatic rings. The Labute approximate surface area is 147 Å². The zero-order chi connectivity index (χ0) is 13.0. The third-order valence-corrected chi connectivity index (χ3v) is 2.86. The maximum absolute atomic E-state index is 10.7. The molecular weight excluding hydrogens is 538 g/mol. The summed E-state index contributed by atoms with van der Waals surface area (Å²) in [6.07, 6.45) is 1.81. The molecule has 0 aliphatic carbocycles. The van der Waals surface area contributed by atoms with Crippen molar-refractivity contribution in [3.8, 4) is 0 Å². The first kappa shape index (κ1) is 32.8. The Morgan fingerprint density at radius 1 is 0.950 bits per heavy atom. The fourth-order valence-corrected chi connectivity index (χ4v) is 1.62. The van der Waals surface area contributed by atoms with Gasteiger partial charge in [0.2, 0.25) is 0 Å². The van der Waals surface area contributed by atoms with E-state index in [4.69, 9.17) is 5.73 Å². The van der Waals surface area contributed by atoms with Gasteiger partial charge in [-0.1, -0.05) is 0 Å². The van der Waals surface area contributed by atoms with Gasteiger partial charge in [-0.3, -0.25) is 8.37 Å². The molecule has 0 amide bonds. The van der Waals surface area contributed by atoms with Crippen LogP contribution < -0.4 is 5.73 Å². The molecule has 0 saturated carbocycles. The van der Waals surface area contributed by atoms with Gasteiger partial charge >= 0.3 is 0 Å².